The predicted molar refractivity (Wildman–Crippen MR) is 79.2 cm³/mol. The van der Waals surface area contributed by atoms with E-state index in [0.717, 1.165) is 11.7 Å². The summed E-state index contributed by atoms with van der Waals surface area (Å²) in [5, 5.41) is 7.68. The van der Waals surface area contributed by atoms with Crippen molar-refractivity contribution in [1.29, 1.82) is 0 Å². The maximum atomic E-state index is 5.36. The second-order valence-corrected chi connectivity index (χ2v) is 6.40. The number of thiocarbonyl (C=S) groups is 1. The molecule has 0 aromatic heterocycles. The zero-order valence-electron chi connectivity index (χ0n) is 11.8. The van der Waals surface area contributed by atoms with Gasteiger partial charge in [-0.3, -0.25) is 0 Å². The van der Waals surface area contributed by atoms with E-state index in [-0.39, 0.29) is 0 Å². The van der Waals surface area contributed by atoms with Crippen LogP contribution in [0, 0.1) is 17.8 Å². The van der Waals surface area contributed by atoms with Gasteiger partial charge in [0.1, 0.15) is 0 Å². The highest BCUT2D eigenvalue weighted by molar-refractivity contribution is 7.80. The third-order valence-corrected chi connectivity index (χ3v) is 4.16. The lowest BCUT2D eigenvalue weighted by Crippen LogP contribution is -2.43. The number of rotatable bonds is 5. The van der Waals surface area contributed by atoms with Crippen molar-refractivity contribution in [2.45, 2.75) is 59.4 Å². The van der Waals surface area contributed by atoms with Gasteiger partial charge in [0.25, 0.3) is 0 Å². The molecule has 2 N–H and O–H groups in total. The standard InChI is InChI=1S/C14H28N2S/c1-10(2)13(11(3)4)9-15-14(17)16-12-7-5-6-8-12/h10-13H,5-9H2,1-4H3,(H2,15,16,17). The first-order valence-electron chi connectivity index (χ1n) is 7.05. The number of nitrogens with one attached hydrogen (secondary N) is 2. The molecule has 0 saturated heterocycles. The van der Waals surface area contributed by atoms with Crippen molar-refractivity contribution in [1.82, 2.24) is 10.6 Å². The van der Waals surface area contributed by atoms with E-state index in [2.05, 4.69) is 38.3 Å². The second-order valence-electron chi connectivity index (χ2n) is 5.99. The highest BCUT2D eigenvalue weighted by Crippen LogP contribution is 2.20. The normalized spacial score (nSPS) is 17.1. The van der Waals surface area contributed by atoms with E-state index in [9.17, 15) is 0 Å². The molecular weight excluding hydrogens is 228 g/mol. The molecule has 0 aromatic rings. The van der Waals surface area contributed by atoms with Gasteiger partial charge in [-0.2, -0.15) is 0 Å². The molecular formula is C14H28N2S. The topological polar surface area (TPSA) is 24.1 Å². The van der Waals surface area contributed by atoms with Gasteiger partial charge in [-0.1, -0.05) is 40.5 Å². The van der Waals surface area contributed by atoms with Crippen LogP contribution < -0.4 is 10.6 Å². The Morgan fingerprint density at radius 2 is 1.65 bits per heavy atom. The minimum Gasteiger partial charge on any atom is -0.362 e. The third kappa shape index (κ3) is 5.24. The third-order valence-electron chi connectivity index (χ3n) is 3.90. The predicted octanol–water partition coefficient (Wildman–Crippen LogP) is 3.32. The van der Waals surface area contributed by atoms with Gasteiger partial charge < -0.3 is 10.6 Å². The SMILES string of the molecule is CC(C)C(CNC(=S)NC1CCCC1)C(C)C. The van der Waals surface area contributed by atoms with Gasteiger partial charge in [0.05, 0.1) is 0 Å². The van der Waals surface area contributed by atoms with Gasteiger partial charge >= 0.3 is 0 Å². The molecule has 3 heteroatoms. The molecule has 0 aliphatic heterocycles. The number of hydrogen-bond donors (Lipinski definition) is 2. The molecule has 0 heterocycles. The molecule has 0 radical (unpaired) electrons. The van der Waals surface area contributed by atoms with Crippen LogP contribution >= 0.6 is 12.2 Å². The molecule has 17 heavy (non-hydrogen) atoms. The Morgan fingerprint density at radius 3 is 2.12 bits per heavy atom. The Labute approximate surface area is 112 Å². The summed E-state index contributed by atoms with van der Waals surface area (Å²) in [6, 6.07) is 0.617. The summed E-state index contributed by atoms with van der Waals surface area (Å²) in [6.45, 7) is 10.2. The summed E-state index contributed by atoms with van der Waals surface area (Å²) < 4.78 is 0. The van der Waals surface area contributed by atoms with Crippen LogP contribution in [0.25, 0.3) is 0 Å². The quantitative estimate of drug-likeness (QED) is 0.738. The number of hydrogen-bond acceptors (Lipinski definition) is 1. The summed E-state index contributed by atoms with van der Waals surface area (Å²) >= 11 is 5.36. The minimum atomic E-state index is 0.617. The van der Waals surface area contributed by atoms with Gasteiger partial charge in [0, 0.05) is 12.6 Å². The highest BCUT2D eigenvalue weighted by Gasteiger charge is 2.19. The van der Waals surface area contributed by atoms with E-state index in [1.54, 1.807) is 0 Å². The summed E-state index contributed by atoms with van der Waals surface area (Å²) in [5.74, 6) is 2.10. The van der Waals surface area contributed by atoms with E-state index in [1.165, 1.54) is 25.7 Å². The van der Waals surface area contributed by atoms with Gasteiger partial charge in [-0.15, -0.1) is 0 Å². The largest absolute Gasteiger partial charge is 0.362 e. The molecule has 1 aliphatic rings. The van der Waals surface area contributed by atoms with Crippen molar-refractivity contribution < 1.29 is 0 Å². The van der Waals surface area contributed by atoms with E-state index >= 15 is 0 Å². The Morgan fingerprint density at radius 1 is 1.12 bits per heavy atom. The average Bonchev–Trinajstić information content (AvgIpc) is 2.69. The maximum absolute atomic E-state index is 5.36. The first-order valence-corrected chi connectivity index (χ1v) is 7.46. The molecule has 0 unspecified atom stereocenters. The van der Waals surface area contributed by atoms with Crippen LogP contribution in [-0.4, -0.2) is 17.7 Å². The summed E-state index contributed by atoms with van der Waals surface area (Å²) in [4.78, 5) is 0. The lowest BCUT2D eigenvalue weighted by atomic mass is 9.85. The van der Waals surface area contributed by atoms with Crippen LogP contribution in [0.15, 0.2) is 0 Å². The van der Waals surface area contributed by atoms with Crippen LogP contribution in [0.4, 0.5) is 0 Å². The fourth-order valence-electron chi connectivity index (χ4n) is 2.76. The Bertz CT molecular complexity index is 224. The zero-order chi connectivity index (χ0) is 12.8. The second kappa shape index (κ2) is 7.20. The van der Waals surface area contributed by atoms with Crippen molar-refractivity contribution in [2.24, 2.45) is 17.8 Å². The first kappa shape index (κ1) is 14.7. The van der Waals surface area contributed by atoms with Crippen LogP contribution in [0.5, 0.6) is 0 Å². The van der Waals surface area contributed by atoms with Crippen molar-refractivity contribution in [2.75, 3.05) is 6.54 Å². The van der Waals surface area contributed by atoms with Crippen LogP contribution in [0.2, 0.25) is 0 Å². The van der Waals surface area contributed by atoms with Crippen LogP contribution in [-0.2, 0) is 0 Å². The van der Waals surface area contributed by atoms with Crippen molar-refractivity contribution in [3.8, 4) is 0 Å². The van der Waals surface area contributed by atoms with Crippen LogP contribution in [0.1, 0.15) is 53.4 Å². The van der Waals surface area contributed by atoms with Gasteiger partial charge in [-0.25, -0.2) is 0 Å². The van der Waals surface area contributed by atoms with Crippen molar-refractivity contribution >= 4 is 17.3 Å². The minimum absolute atomic E-state index is 0.617. The smallest absolute Gasteiger partial charge is 0.166 e. The molecule has 0 atom stereocenters. The molecule has 0 bridgehead atoms. The van der Waals surface area contributed by atoms with Crippen molar-refractivity contribution in [3.63, 3.8) is 0 Å². The fraction of sp³-hybridized carbons (Fsp3) is 0.929. The molecule has 0 amide bonds. The highest BCUT2D eigenvalue weighted by atomic mass is 32.1. The molecule has 0 spiro atoms. The monoisotopic (exact) mass is 256 g/mol. The van der Waals surface area contributed by atoms with E-state index < -0.39 is 0 Å². The lowest BCUT2D eigenvalue weighted by molar-refractivity contribution is 0.287. The molecule has 2 nitrogen and oxygen atoms in total. The van der Waals surface area contributed by atoms with E-state index in [4.69, 9.17) is 12.2 Å². The zero-order valence-corrected chi connectivity index (χ0v) is 12.6. The molecule has 1 rings (SSSR count). The molecule has 1 aliphatic carbocycles. The van der Waals surface area contributed by atoms with Crippen LogP contribution in [0.3, 0.4) is 0 Å². The lowest BCUT2D eigenvalue weighted by Gasteiger charge is -2.26. The maximum Gasteiger partial charge on any atom is 0.166 e. The fourth-order valence-corrected chi connectivity index (χ4v) is 3.01. The van der Waals surface area contributed by atoms with Crippen molar-refractivity contribution in [3.05, 3.63) is 0 Å². The summed E-state index contributed by atoms with van der Waals surface area (Å²) in [6.07, 6.45) is 5.25. The van der Waals surface area contributed by atoms with Gasteiger partial charge in [-0.05, 0) is 42.8 Å². The first-order chi connectivity index (χ1) is 8.00. The van der Waals surface area contributed by atoms with Gasteiger partial charge in [0.15, 0.2) is 5.11 Å². The van der Waals surface area contributed by atoms with Gasteiger partial charge in [0.2, 0.25) is 0 Å². The molecule has 0 aromatic carbocycles. The Hall–Kier alpha value is -0.310. The molecule has 1 saturated carbocycles. The molecule has 100 valence electrons. The summed E-state index contributed by atoms with van der Waals surface area (Å²) in [7, 11) is 0. The average molecular weight is 256 g/mol. The molecule has 1 fully saturated rings. The summed E-state index contributed by atoms with van der Waals surface area (Å²) in [5.41, 5.74) is 0. The van der Waals surface area contributed by atoms with E-state index in [1.807, 2.05) is 0 Å². The van der Waals surface area contributed by atoms with E-state index in [0.29, 0.717) is 23.8 Å². The Kier molecular flexibility index (Phi) is 6.24. The Balaban J connectivity index is 2.25.